The van der Waals surface area contributed by atoms with Crippen molar-refractivity contribution in [2.24, 2.45) is 0 Å². The average molecular weight is 285 g/mol. The van der Waals surface area contributed by atoms with Crippen LogP contribution in [0.3, 0.4) is 0 Å². The number of nitrogens with zero attached hydrogens (tertiary/aromatic N) is 2. The number of hydrogen-bond donors (Lipinski definition) is 1. The maximum Gasteiger partial charge on any atom is 0.274 e. The fourth-order valence-corrected chi connectivity index (χ4v) is 1.84. The summed E-state index contributed by atoms with van der Waals surface area (Å²) in [7, 11) is 0. The maximum atomic E-state index is 12.1. The van der Waals surface area contributed by atoms with Crippen molar-refractivity contribution in [1.82, 2.24) is 9.97 Å². The van der Waals surface area contributed by atoms with Crippen LogP contribution >= 0.6 is 0 Å². The summed E-state index contributed by atoms with van der Waals surface area (Å²) >= 11 is 0. The van der Waals surface area contributed by atoms with Gasteiger partial charge in [-0.2, -0.15) is 0 Å². The third kappa shape index (κ3) is 4.02. The fourth-order valence-electron chi connectivity index (χ4n) is 1.84. The van der Waals surface area contributed by atoms with Gasteiger partial charge in [0.2, 0.25) is 5.88 Å². The van der Waals surface area contributed by atoms with Crippen LogP contribution in [0.5, 0.6) is 5.88 Å². The monoisotopic (exact) mass is 285 g/mol. The van der Waals surface area contributed by atoms with Crippen molar-refractivity contribution in [2.45, 2.75) is 26.7 Å². The van der Waals surface area contributed by atoms with Gasteiger partial charge in [0, 0.05) is 11.8 Å². The lowest BCUT2D eigenvalue weighted by atomic mass is 10.0. The SMILES string of the molecule is CCOc1cc(C(=O)Nc2ccc(C(C)C)cc2)ncn1. The van der Waals surface area contributed by atoms with Crippen molar-refractivity contribution in [3.05, 3.63) is 47.9 Å². The van der Waals surface area contributed by atoms with Gasteiger partial charge in [-0.15, -0.1) is 0 Å². The molecule has 21 heavy (non-hydrogen) atoms. The summed E-state index contributed by atoms with van der Waals surface area (Å²) in [5.41, 5.74) is 2.25. The Morgan fingerprint density at radius 2 is 1.95 bits per heavy atom. The predicted molar refractivity (Wildman–Crippen MR) is 81.7 cm³/mol. The Hall–Kier alpha value is -2.43. The van der Waals surface area contributed by atoms with E-state index < -0.39 is 0 Å². The van der Waals surface area contributed by atoms with Gasteiger partial charge in [-0.25, -0.2) is 9.97 Å². The van der Waals surface area contributed by atoms with Crippen LogP contribution in [-0.2, 0) is 0 Å². The molecule has 0 fully saturated rings. The molecule has 1 heterocycles. The first-order valence-electron chi connectivity index (χ1n) is 6.96. The van der Waals surface area contributed by atoms with Crippen LogP contribution in [0, 0.1) is 0 Å². The Morgan fingerprint density at radius 3 is 2.57 bits per heavy atom. The van der Waals surface area contributed by atoms with E-state index in [9.17, 15) is 4.79 Å². The lowest BCUT2D eigenvalue weighted by molar-refractivity contribution is 0.102. The number of nitrogens with one attached hydrogen (secondary N) is 1. The van der Waals surface area contributed by atoms with E-state index in [0.29, 0.717) is 18.4 Å². The number of carbonyl (C=O) groups excluding carboxylic acids is 1. The number of aromatic nitrogens is 2. The van der Waals surface area contributed by atoms with E-state index in [1.54, 1.807) is 0 Å². The lowest BCUT2D eigenvalue weighted by Gasteiger charge is -2.08. The summed E-state index contributed by atoms with van der Waals surface area (Å²) in [6.45, 7) is 6.61. The Kier molecular flexibility index (Phi) is 4.87. The second-order valence-electron chi connectivity index (χ2n) is 4.91. The van der Waals surface area contributed by atoms with Gasteiger partial charge in [-0.3, -0.25) is 4.79 Å². The molecular weight excluding hydrogens is 266 g/mol. The minimum atomic E-state index is -0.282. The van der Waals surface area contributed by atoms with Gasteiger partial charge in [0.1, 0.15) is 12.0 Å². The van der Waals surface area contributed by atoms with E-state index in [-0.39, 0.29) is 11.6 Å². The Balaban J connectivity index is 2.08. The van der Waals surface area contributed by atoms with Crippen molar-refractivity contribution in [3.63, 3.8) is 0 Å². The zero-order valence-corrected chi connectivity index (χ0v) is 12.5. The van der Waals surface area contributed by atoms with Crippen LogP contribution in [0.2, 0.25) is 0 Å². The van der Waals surface area contributed by atoms with E-state index in [1.807, 2.05) is 31.2 Å². The number of benzene rings is 1. The molecule has 5 heteroatoms. The molecule has 0 atom stereocenters. The Labute approximate surface area is 124 Å². The molecule has 0 saturated heterocycles. The minimum absolute atomic E-state index is 0.279. The molecule has 0 aliphatic heterocycles. The van der Waals surface area contributed by atoms with Crippen LogP contribution < -0.4 is 10.1 Å². The molecule has 0 unspecified atom stereocenters. The zero-order valence-electron chi connectivity index (χ0n) is 12.5. The second-order valence-corrected chi connectivity index (χ2v) is 4.91. The normalized spacial score (nSPS) is 10.5. The van der Waals surface area contributed by atoms with Gasteiger partial charge in [-0.05, 0) is 30.5 Å². The zero-order chi connectivity index (χ0) is 15.2. The van der Waals surface area contributed by atoms with Crippen LogP contribution in [0.4, 0.5) is 5.69 Å². The van der Waals surface area contributed by atoms with Gasteiger partial charge in [0.15, 0.2) is 0 Å². The average Bonchev–Trinajstić information content (AvgIpc) is 2.48. The molecule has 0 bridgehead atoms. The maximum absolute atomic E-state index is 12.1. The summed E-state index contributed by atoms with van der Waals surface area (Å²) in [6, 6.07) is 9.31. The molecule has 0 radical (unpaired) electrons. The van der Waals surface area contributed by atoms with E-state index >= 15 is 0 Å². The van der Waals surface area contributed by atoms with Crippen LogP contribution in [0.15, 0.2) is 36.7 Å². The largest absolute Gasteiger partial charge is 0.478 e. The molecule has 0 saturated carbocycles. The van der Waals surface area contributed by atoms with E-state index in [1.165, 1.54) is 18.0 Å². The molecule has 0 spiro atoms. The van der Waals surface area contributed by atoms with Gasteiger partial charge < -0.3 is 10.1 Å². The topological polar surface area (TPSA) is 64.1 Å². The molecule has 2 aromatic rings. The molecular formula is C16H19N3O2. The van der Waals surface area contributed by atoms with Gasteiger partial charge >= 0.3 is 0 Å². The van der Waals surface area contributed by atoms with Crippen molar-refractivity contribution < 1.29 is 9.53 Å². The van der Waals surface area contributed by atoms with Crippen molar-refractivity contribution in [1.29, 1.82) is 0 Å². The molecule has 5 nitrogen and oxygen atoms in total. The highest BCUT2D eigenvalue weighted by Gasteiger charge is 2.10. The molecule has 0 aliphatic carbocycles. The molecule has 1 N–H and O–H groups in total. The van der Waals surface area contributed by atoms with Crippen molar-refractivity contribution >= 4 is 11.6 Å². The Bertz CT molecular complexity index is 609. The van der Waals surface area contributed by atoms with E-state index in [0.717, 1.165) is 5.69 Å². The quantitative estimate of drug-likeness (QED) is 0.916. The van der Waals surface area contributed by atoms with Crippen LogP contribution in [-0.4, -0.2) is 22.5 Å². The van der Waals surface area contributed by atoms with E-state index in [4.69, 9.17) is 4.74 Å². The molecule has 1 aromatic heterocycles. The third-order valence-electron chi connectivity index (χ3n) is 3.00. The number of anilines is 1. The first-order valence-corrected chi connectivity index (χ1v) is 6.96. The highest BCUT2D eigenvalue weighted by atomic mass is 16.5. The van der Waals surface area contributed by atoms with Crippen molar-refractivity contribution in [3.8, 4) is 5.88 Å². The lowest BCUT2D eigenvalue weighted by Crippen LogP contribution is -2.14. The number of ether oxygens (including phenoxy) is 1. The number of rotatable bonds is 5. The number of carbonyl (C=O) groups is 1. The molecule has 1 amide bonds. The van der Waals surface area contributed by atoms with E-state index in [2.05, 4.69) is 29.1 Å². The van der Waals surface area contributed by atoms with Crippen LogP contribution in [0.1, 0.15) is 42.7 Å². The second kappa shape index (κ2) is 6.83. The molecule has 110 valence electrons. The molecule has 2 rings (SSSR count). The summed E-state index contributed by atoms with van der Waals surface area (Å²) in [6.07, 6.45) is 1.32. The minimum Gasteiger partial charge on any atom is -0.478 e. The summed E-state index contributed by atoms with van der Waals surface area (Å²) in [5, 5.41) is 2.81. The van der Waals surface area contributed by atoms with Gasteiger partial charge in [-0.1, -0.05) is 26.0 Å². The summed E-state index contributed by atoms with van der Waals surface area (Å²) in [5.74, 6) is 0.578. The predicted octanol–water partition coefficient (Wildman–Crippen LogP) is 3.25. The first-order chi connectivity index (χ1) is 10.1. The van der Waals surface area contributed by atoms with Gasteiger partial charge in [0.05, 0.1) is 6.61 Å². The first kappa shape index (κ1) is 15.0. The van der Waals surface area contributed by atoms with Crippen molar-refractivity contribution in [2.75, 3.05) is 11.9 Å². The van der Waals surface area contributed by atoms with Gasteiger partial charge in [0.25, 0.3) is 5.91 Å². The summed E-state index contributed by atoms with van der Waals surface area (Å²) < 4.78 is 5.26. The number of hydrogen-bond acceptors (Lipinski definition) is 4. The highest BCUT2D eigenvalue weighted by molar-refractivity contribution is 6.02. The molecule has 0 aliphatic rings. The van der Waals surface area contributed by atoms with Crippen LogP contribution in [0.25, 0.3) is 0 Å². The standard InChI is InChI=1S/C16H19N3O2/c1-4-21-15-9-14(17-10-18-15)16(20)19-13-7-5-12(6-8-13)11(2)3/h5-11H,4H2,1-3H3,(H,19,20). The smallest absolute Gasteiger partial charge is 0.274 e. The fraction of sp³-hybridized carbons (Fsp3) is 0.312. The molecule has 1 aromatic carbocycles. The number of amides is 1. The summed E-state index contributed by atoms with van der Waals surface area (Å²) in [4.78, 5) is 20.0. The Morgan fingerprint density at radius 1 is 1.24 bits per heavy atom. The third-order valence-corrected chi connectivity index (χ3v) is 3.00. The highest BCUT2D eigenvalue weighted by Crippen LogP contribution is 2.17.